The number of rotatable bonds is 4. The van der Waals surface area contributed by atoms with Gasteiger partial charge in [0.2, 0.25) is 17.7 Å². The molecule has 7 nitrogen and oxygen atoms in total. The summed E-state index contributed by atoms with van der Waals surface area (Å²) in [5, 5.41) is 3.89. The molecule has 0 unspecified atom stereocenters. The lowest BCUT2D eigenvalue weighted by atomic mass is 9.95. The van der Waals surface area contributed by atoms with Crippen molar-refractivity contribution in [2.24, 2.45) is 11.7 Å². The highest BCUT2D eigenvalue weighted by atomic mass is 35.5. The lowest BCUT2D eigenvalue weighted by molar-refractivity contribution is -0.129. The van der Waals surface area contributed by atoms with Gasteiger partial charge in [0.25, 0.3) is 0 Å². The van der Waals surface area contributed by atoms with E-state index in [0.29, 0.717) is 5.82 Å². The van der Waals surface area contributed by atoms with Gasteiger partial charge in [-0.3, -0.25) is 9.59 Å². The van der Waals surface area contributed by atoms with Gasteiger partial charge in [0.1, 0.15) is 5.82 Å². The molecule has 0 spiro atoms. The number of aryl methyl sites for hydroxylation is 1. The lowest BCUT2D eigenvalue weighted by Crippen LogP contribution is -2.33. The molecular weight excluding hydrogens is 351 g/mol. The fourth-order valence-corrected chi connectivity index (χ4v) is 3.20. The van der Waals surface area contributed by atoms with Crippen LogP contribution < -0.4 is 5.73 Å². The molecule has 0 aliphatic carbocycles. The third-order valence-electron chi connectivity index (χ3n) is 4.29. The molecule has 1 aromatic heterocycles. The van der Waals surface area contributed by atoms with Crippen LogP contribution in [0, 0.1) is 18.7 Å². The van der Waals surface area contributed by atoms with Crippen LogP contribution in [-0.4, -0.2) is 39.9 Å². The first-order valence-electron chi connectivity index (χ1n) is 7.67. The maximum atomic E-state index is 13.9. The predicted molar refractivity (Wildman–Crippen MR) is 86.2 cm³/mol. The number of benzene rings is 1. The van der Waals surface area contributed by atoms with Crippen molar-refractivity contribution in [3.63, 3.8) is 0 Å². The zero-order valence-corrected chi connectivity index (χ0v) is 14.2. The molecule has 1 saturated heterocycles. The van der Waals surface area contributed by atoms with Crippen LogP contribution in [0.5, 0.6) is 0 Å². The summed E-state index contributed by atoms with van der Waals surface area (Å²) in [6.45, 7) is 1.97. The van der Waals surface area contributed by atoms with Gasteiger partial charge >= 0.3 is 0 Å². The number of halogens is 2. The van der Waals surface area contributed by atoms with Crippen molar-refractivity contribution in [3.05, 3.63) is 46.3 Å². The molecule has 2 heterocycles. The van der Waals surface area contributed by atoms with Crippen LogP contribution in [0.1, 0.15) is 23.2 Å². The van der Waals surface area contributed by atoms with Gasteiger partial charge in [0.15, 0.2) is 5.82 Å². The third kappa shape index (κ3) is 3.48. The maximum Gasteiger partial charge on any atom is 0.232 e. The molecule has 9 heteroatoms. The number of aromatic nitrogens is 2. The van der Waals surface area contributed by atoms with E-state index < -0.39 is 23.6 Å². The molecule has 132 valence electrons. The van der Waals surface area contributed by atoms with Gasteiger partial charge < -0.3 is 15.2 Å². The number of carbonyl (C=O) groups excluding carboxylic acids is 2. The quantitative estimate of drug-likeness (QED) is 0.882. The Morgan fingerprint density at radius 1 is 1.44 bits per heavy atom. The summed E-state index contributed by atoms with van der Waals surface area (Å²) in [6, 6.07) is 4.24. The number of nitrogens with two attached hydrogens (primary N) is 1. The number of hydrogen-bond acceptors (Lipinski definition) is 5. The van der Waals surface area contributed by atoms with Crippen molar-refractivity contribution in [3.8, 4) is 0 Å². The summed E-state index contributed by atoms with van der Waals surface area (Å²) in [6.07, 6.45) is -0.202. The summed E-state index contributed by atoms with van der Waals surface area (Å²) in [4.78, 5) is 29.9. The number of nitrogens with zero attached hydrogens (tertiary/aromatic N) is 3. The Bertz CT molecular complexity index is 805. The highest BCUT2D eigenvalue weighted by Crippen LogP contribution is 2.32. The SMILES string of the molecule is Cc1noc([C@@H]2CN(C(=O)Cc3c(F)cccc3Cl)C[C@H]2C(N)=O)n1. The molecule has 2 amide bonds. The van der Waals surface area contributed by atoms with E-state index in [1.54, 1.807) is 6.92 Å². The Kier molecular flexibility index (Phi) is 4.71. The van der Waals surface area contributed by atoms with Crippen molar-refractivity contribution >= 4 is 23.4 Å². The minimum atomic E-state index is -0.639. The summed E-state index contributed by atoms with van der Waals surface area (Å²) >= 11 is 5.97. The Balaban J connectivity index is 1.79. The molecule has 2 N–H and O–H groups in total. The molecule has 2 atom stereocenters. The smallest absolute Gasteiger partial charge is 0.232 e. The van der Waals surface area contributed by atoms with Crippen LogP contribution in [0.15, 0.2) is 22.7 Å². The molecule has 1 aliphatic heterocycles. The number of primary amides is 1. The van der Waals surface area contributed by atoms with Crippen LogP contribution in [0.4, 0.5) is 4.39 Å². The van der Waals surface area contributed by atoms with E-state index in [0.717, 1.165) is 0 Å². The second-order valence-electron chi connectivity index (χ2n) is 5.97. The summed E-state index contributed by atoms with van der Waals surface area (Å²) in [5.74, 6) is -1.87. The predicted octanol–water partition coefficient (Wildman–Crippen LogP) is 1.44. The van der Waals surface area contributed by atoms with Crippen molar-refractivity contribution < 1.29 is 18.5 Å². The van der Waals surface area contributed by atoms with Gasteiger partial charge in [-0.2, -0.15) is 4.98 Å². The van der Waals surface area contributed by atoms with Crippen molar-refractivity contribution in [1.82, 2.24) is 15.0 Å². The van der Waals surface area contributed by atoms with E-state index in [1.165, 1.54) is 23.1 Å². The molecular formula is C16H16ClFN4O3. The zero-order valence-electron chi connectivity index (χ0n) is 13.4. The average Bonchev–Trinajstić information content (AvgIpc) is 3.17. The van der Waals surface area contributed by atoms with Gasteiger partial charge in [0.05, 0.1) is 18.3 Å². The Hall–Kier alpha value is -2.48. The van der Waals surface area contributed by atoms with Gasteiger partial charge in [-0.25, -0.2) is 4.39 Å². The highest BCUT2D eigenvalue weighted by Gasteiger charge is 2.42. The third-order valence-corrected chi connectivity index (χ3v) is 4.64. The first kappa shape index (κ1) is 17.3. The van der Waals surface area contributed by atoms with E-state index in [9.17, 15) is 14.0 Å². The normalized spacial score (nSPS) is 20.0. The number of likely N-dealkylation sites (tertiary alicyclic amines) is 1. The van der Waals surface area contributed by atoms with Crippen molar-refractivity contribution in [2.45, 2.75) is 19.3 Å². The molecule has 1 aromatic carbocycles. The van der Waals surface area contributed by atoms with Crippen LogP contribution in [0.25, 0.3) is 0 Å². The Morgan fingerprint density at radius 2 is 2.20 bits per heavy atom. The van der Waals surface area contributed by atoms with Gasteiger partial charge in [0, 0.05) is 23.7 Å². The van der Waals surface area contributed by atoms with Crippen LogP contribution in [-0.2, 0) is 16.0 Å². The second-order valence-corrected chi connectivity index (χ2v) is 6.38. The number of carbonyl (C=O) groups is 2. The molecule has 2 aromatic rings. The minimum Gasteiger partial charge on any atom is -0.369 e. The molecule has 0 saturated carbocycles. The fraction of sp³-hybridized carbons (Fsp3) is 0.375. The number of hydrogen-bond donors (Lipinski definition) is 1. The largest absolute Gasteiger partial charge is 0.369 e. The Labute approximate surface area is 147 Å². The van der Waals surface area contributed by atoms with Gasteiger partial charge in [-0.15, -0.1) is 0 Å². The van der Waals surface area contributed by atoms with E-state index >= 15 is 0 Å². The van der Waals surface area contributed by atoms with Crippen molar-refractivity contribution in [1.29, 1.82) is 0 Å². The first-order chi connectivity index (χ1) is 11.9. The molecule has 3 rings (SSSR count). The second kappa shape index (κ2) is 6.79. The van der Waals surface area contributed by atoms with Crippen molar-refractivity contribution in [2.75, 3.05) is 13.1 Å². The van der Waals surface area contributed by atoms with E-state index in [1.807, 2.05) is 0 Å². The number of amides is 2. The average molecular weight is 367 g/mol. The summed E-state index contributed by atoms with van der Waals surface area (Å²) in [7, 11) is 0. The fourth-order valence-electron chi connectivity index (χ4n) is 2.97. The van der Waals surface area contributed by atoms with E-state index in [-0.39, 0.29) is 41.9 Å². The van der Waals surface area contributed by atoms with Crippen LogP contribution in [0.2, 0.25) is 5.02 Å². The summed E-state index contributed by atoms with van der Waals surface area (Å²) < 4.78 is 19.0. The standard InChI is InChI=1S/C16H16ClFN4O3/c1-8-20-16(25-21-8)11-7-22(6-10(11)15(19)24)14(23)5-9-12(17)3-2-4-13(9)18/h2-4,10-11H,5-7H2,1H3,(H2,19,24)/t10-,11-/m1/s1. The molecule has 0 bridgehead atoms. The monoisotopic (exact) mass is 366 g/mol. The first-order valence-corrected chi connectivity index (χ1v) is 8.04. The Morgan fingerprint density at radius 3 is 2.80 bits per heavy atom. The molecule has 25 heavy (non-hydrogen) atoms. The van der Waals surface area contributed by atoms with Gasteiger partial charge in [-0.1, -0.05) is 22.8 Å². The van der Waals surface area contributed by atoms with Gasteiger partial charge in [-0.05, 0) is 19.1 Å². The highest BCUT2D eigenvalue weighted by molar-refractivity contribution is 6.31. The molecule has 0 radical (unpaired) electrons. The molecule has 1 fully saturated rings. The maximum absolute atomic E-state index is 13.9. The summed E-state index contributed by atoms with van der Waals surface area (Å²) in [5.41, 5.74) is 5.57. The van der Waals surface area contributed by atoms with Crippen LogP contribution in [0.3, 0.4) is 0 Å². The van der Waals surface area contributed by atoms with Crippen LogP contribution >= 0.6 is 11.6 Å². The minimum absolute atomic E-state index is 0.117. The molecule has 1 aliphatic rings. The lowest BCUT2D eigenvalue weighted by Gasteiger charge is -2.16. The van der Waals surface area contributed by atoms with E-state index in [2.05, 4.69) is 10.1 Å². The van der Waals surface area contributed by atoms with E-state index in [4.69, 9.17) is 21.9 Å². The topological polar surface area (TPSA) is 102 Å². The zero-order chi connectivity index (χ0) is 18.1.